The molecule has 0 spiro atoms. The van der Waals surface area contributed by atoms with Crippen molar-refractivity contribution in [1.29, 1.82) is 0 Å². The Balaban J connectivity index is 2.16. The number of methoxy groups -OCH3 is 2. The second-order valence-corrected chi connectivity index (χ2v) is 8.10. The number of ether oxygens (including phenoxy) is 2. The SMILES string of the molecule is COc1ccc(OC)c(S(=O)(=O)N(C)CC(=O)Nc2cccc(NC(C)=O)c2)c1. The van der Waals surface area contributed by atoms with Crippen LogP contribution in [-0.4, -0.2) is 52.3 Å². The van der Waals surface area contributed by atoms with Gasteiger partial charge in [-0.25, -0.2) is 8.42 Å². The highest BCUT2D eigenvalue weighted by Gasteiger charge is 2.27. The van der Waals surface area contributed by atoms with Gasteiger partial charge in [0.15, 0.2) is 0 Å². The Labute approximate surface area is 169 Å². The average Bonchev–Trinajstić information content (AvgIpc) is 2.66. The topological polar surface area (TPSA) is 114 Å². The second-order valence-electron chi connectivity index (χ2n) is 6.09. The molecule has 2 rings (SSSR count). The molecule has 0 unspecified atom stereocenters. The Morgan fingerprint density at radius 1 is 1.00 bits per heavy atom. The Bertz CT molecular complexity index is 1010. The normalized spacial score (nSPS) is 11.1. The van der Waals surface area contributed by atoms with E-state index in [0.29, 0.717) is 17.1 Å². The van der Waals surface area contributed by atoms with E-state index in [2.05, 4.69) is 10.6 Å². The third kappa shape index (κ3) is 5.69. The van der Waals surface area contributed by atoms with Gasteiger partial charge in [0.25, 0.3) is 0 Å². The highest BCUT2D eigenvalue weighted by atomic mass is 32.2. The number of carbonyl (C=O) groups is 2. The van der Waals surface area contributed by atoms with Gasteiger partial charge < -0.3 is 20.1 Å². The molecule has 0 atom stereocenters. The summed E-state index contributed by atoms with van der Waals surface area (Å²) >= 11 is 0. The quantitative estimate of drug-likeness (QED) is 0.673. The first kappa shape index (κ1) is 22.2. The van der Waals surface area contributed by atoms with E-state index >= 15 is 0 Å². The van der Waals surface area contributed by atoms with Gasteiger partial charge in [-0.3, -0.25) is 9.59 Å². The lowest BCUT2D eigenvalue weighted by atomic mass is 10.2. The molecular weight excluding hydrogens is 398 g/mol. The number of sulfonamides is 1. The molecule has 2 amide bonds. The number of nitrogens with zero attached hydrogens (tertiary/aromatic N) is 1. The largest absolute Gasteiger partial charge is 0.497 e. The molecule has 2 aromatic carbocycles. The van der Waals surface area contributed by atoms with Gasteiger partial charge in [-0.1, -0.05) is 6.07 Å². The van der Waals surface area contributed by atoms with E-state index in [4.69, 9.17) is 9.47 Å². The van der Waals surface area contributed by atoms with E-state index < -0.39 is 22.5 Å². The summed E-state index contributed by atoms with van der Waals surface area (Å²) in [5.41, 5.74) is 0.934. The first-order valence-corrected chi connectivity index (χ1v) is 9.97. The number of likely N-dealkylation sites (N-methyl/N-ethyl adjacent to an activating group) is 1. The lowest BCUT2D eigenvalue weighted by Crippen LogP contribution is -2.35. The fraction of sp³-hybridized carbons (Fsp3) is 0.263. The van der Waals surface area contributed by atoms with Crippen LogP contribution in [0.4, 0.5) is 11.4 Å². The van der Waals surface area contributed by atoms with Crippen LogP contribution in [0.1, 0.15) is 6.92 Å². The van der Waals surface area contributed by atoms with E-state index in [1.165, 1.54) is 40.3 Å². The molecule has 0 saturated heterocycles. The van der Waals surface area contributed by atoms with E-state index in [1.807, 2.05) is 0 Å². The number of carbonyl (C=O) groups excluding carboxylic acids is 2. The minimum absolute atomic E-state index is 0.109. The number of hydrogen-bond donors (Lipinski definition) is 2. The first-order valence-electron chi connectivity index (χ1n) is 8.53. The van der Waals surface area contributed by atoms with Crippen LogP contribution in [0.25, 0.3) is 0 Å². The molecule has 29 heavy (non-hydrogen) atoms. The van der Waals surface area contributed by atoms with Crippen LogP contribution in [-0.2, 0) is 19.6 Å². The zero-order chi connectivity index (χ0) is 21.6. The van der Waals surface area contributed by atoms with Gasteiger partial charge in [-0.2, -0.15) is 4.31 Å². The van der Waals surface area contributed by atoms with Crippen molar-refractivity contribution < 1.29 is 27.5 Å². The van der Waals surface area contributed by atoms with Gasteiger partial charge in [0.05, 0.1) is 20.8 Å². The Hall–Kier alpha value is -3.11. The van der Waals surface area contributed by atoms with E-state index in [9.17, 15) is 18.0 Å². The minimum Gasteiger partial charge on any atom is -0.497 e. The number of benzene rings is 2. The van der Waals surface area contributed by atoms with Gasteiger partial charge in [-0.05, 0) is 30.3 Å². The van der Waals surface area contributed by atoms with Gasteiger partial charge in [-0.15, -0.1) is 0 Å². The van der Waals surface area contributed by atoms with Crippen molar-refractivity contribution in [2.45, 2.75) is 11.8 Å². The van der Waals surface area contributed by atoms with Crippen molar-refractivity contribution in [3.05, 3.63) is 42.5 Å². The number of rotatable bonds is 8. The molecule has 0 aliphatic heterocycles. The van der Waals surface area contributed by atoms with Crippen molar-refractivity contribution in [3.8, 4) is 11.5 Å². The van der Waals surface area contributed by atoms with Crippen LogP contribution in [0.3, 0.4) is 0 Å². The molecule has 0 saturated carbocycles. The number of hydrogen-bond acceptors (Lipinski definition) is 6. The number of amides is 2. The highest BCUT2D eigenvalue weighted by molar-refractivity contribution is 7.89. The van der Waals surface area contributed by atoms with E-state index in [0.717, 1.165) is 4.31 Å². The second kappa shape index (κ2) is 9.39. The maximum atomic E-state index is 12.9. The Morgan fingerprint density at radius 2 is 1.66 bits per heavy atom. The molecule has 0 aromatic heterocycles. The molecule has 0 aliphatic rings. The maximum Gasteiger partial charge on any atom is 0.247 e. The van der Waals surface area contributed by atoms with E-state index in [-0.39, 0.29) is 16.6 Å². The number of nitrogens with one attached hydrogen (secondary N) is 2. The summed E-state index contributed by atoms with van der Waals surface area (Å²) in [5, 5.41) is 5.22. The van der Waals surface area contributed by atoms with Crippen LogP contribution in [0, 0.1) is 0 Å². The Morgan fingerprint density at radius 3 is 2.24 bits per heavy atom. The zero-order valence-electron chi connectivity index (χ0n) is 16.6. The van der Waals surface area contributed by atoms with Crippen LogP contribution >= 0.6 is 0 Å². The molecule has 0 fully saturated rings. The van der Waals surface area contributed by atoms with Crippen molar-refractivity contribution in [2.24, 2.45) is 0 Å². The van der Waals surface area contributed by atoms with Crippen LogP contribution in [0.15, 0.2) is 47.4 Å². The van der Waals surface area contributed by atoms with Crippen LogP contribution in [0.2, 0.25) is 0 Å². The van der Waals surface area contributed by atoms with Crippen molar-refractivity contribution in [1.82, 2.24) is 4.31 Å². The fourth-order valence-electron chi connectivity index (χ4n) is 2.52. The summed E-state index contributed by atoms with van der Waals surface area (Å²) in [7, 11) is 0.0558. The summed E-state index contributed by atoms with van der Waals surface area (Å²) < 4.78 is 36.9. The minimum atomic E-state index is -4.02. The molecule has 156 valence electrons. The summed E-state index contributed by atoms with van der Waals surface area (Å²) in [5.74, 6) is -0.303. The van der Waals surface area contributed by atoms with E-state index in [1.54, 1.807) is 30.3 Å². The highest BCUT2D eigenvalue weighted by Crippen LogP contribution is 2.30. The molecule has 0 radical (unpaired) electrons. The molecule has 0 aliphatic carbocycles. The third-order valence-electron chi connectivity index (χ3n) is 3.89. The maximum absolute atomic E-state index is 12.9. The van der Waals surface area contributed by atoms with Gasteiger partial charge >= 0.3 is 0 Å². The van der Waals surface area contributed by atoms with Gasteiger partial charge in [0.2, 0.25) is 21.8 Å². The van der Waals surface area contributed by atoms with Gasteiger partial charge in [0, 0.05) is 31.4 Å². The molecule has 0 bridgehead atoms. The molecule has 10 heteroatoms. The van der Waals surface area contributed by atoms with Crippen molar-refractivity contribution >= 4 is 33.2 Å². The van der Waals surface area contributed by atoms with Gasteiger partial charge in [0.1, 0.15) is 16.4 Å². The summed E-state index contributed by atoms with van der Waals surface area (Å²) in [6.45, 7) is 0.949. The predicted molar refractivity (Wildman–Crippen MR) is 109 cm³/mol. The molecule has 2 N–H and O–H groups in total. The number of anilines is 2. The molecular formula is C19H23N3O6S. The summed E-state index contributed by atoms with van der Waals surface area (Å²) in [6, 6.07) is 10.9. The monoisotopic (exact) mass is 421 g/mol. The molecule has 2 aromatic rings. The summed E-state index contributed by atoms with van der Waals surface area (Å²) in [6.07, 6.45) is 0. The average molecular weight is 421 g/mol. The lowest BCUT2D eigenvalue weighted by Gasteiger charge is -2.19. The predicted octanol–water partition coefficient (Wildman–Crippen LogP) is 1.92. The third-order valence-corrected chi connectivity index (χ3v) is 5.72. The standard InChI is InChI=1S/C19H23N3O6S/c1-13(23)20-14-6-5-7-15(10-14)21-19(24)12-22(2)29(25,26)18-11-16(27-3)8-9-17(18)28-4/h5-11H,12H2,1-4H3,(H,20,23)(H,21,24). The first-order chi connectivity index (χ1) is 13.7. The fourth-order valence-corrected chi connectivity index (χ4v) is 3.81. The molecule has 0 heterocycles. The molecule has 9 nitrogen and oxygen atoms in total. The zero-order valence-corrected chi connectivity index (χ0v) is 17.4. The van der Waals surface area contributed by atoms with Crippen molar-refractivity contribution in [2.75, 3.05) is 38.4 Å². The summed E-state index contributed by atoms with van der Waals surface area (Å²) in [4.78, 5) is 23.4. The van der Waals surface area contributed by atoms with Crippen LogP contribution in [0.5, 0.6) is 11.5 Å². The Kier molecular flexibility index (Phi) is 7.18. The lowest BCUT2D eigenvalue weighted by molar-refractivity contribution is -0.116. The van der Waals surface area contributed by atoms with Crippen LogP contribution < -0.4 is 20.1 Å². The van der Waals surface area contributed by atoms with Crippen molar-refractivity contribution in [3.63, 3.8) is 0 Å². The smallest absolute Gasteiger partial charge is 0.247 e.